The average Bonchev–Trinajstić information content (AvgIpc) is 3.19. The number of ether oxygens (including phenoxy) is 3. The Labute approximate surface area is 245 Å². The van der Waals surface area contributed by atoms with Gasteiger partial charge in [0.05, 0.1) is 29.9 Å². The molecule has 1 atom stereocenters. The molecule has 3 fully saturated rings. The van der Waals surface area contributed by atoms with E-state index in [-0.39, 0.29) is 30.8 Å². The highest BCUT2D eigenvalue weighted by molar-refractivity contribution is 6.25. The van der Waals surface area contributed by atoms with Gasteiger partial charge in [-0.2, -0.15) is 13.2 Å². The zero-order chi connectivity index (χ0) is 30.7. The van der Waals surface area contributed by atoms with Crippen LogP contribution in [-0.2, 0) is 19.1 Å². The van der Waals surface area contributed by atoms with Crippen molar-refractivity contribution in [3.63, 3.8) is 0 Å². The topological polar surface area (TPSA) is 144 Å². The van der Waals surface area contributed by atoms with Crippen molar-refractivity contribution < 1.29 is 51.4 Å². The summed E-state index contributed by atoms with van der Waals surface area (Å²) in [7, 11) is 0. The van der Waals surface area contributed by atoms with E-state index >= 15 is 0 Å². The summed E-state index contributed by atoms with van der Waals surface area (Å²) in [6.07, 6.45) is -0.926. The van der Waals surface area contributed by atoms with Crippen LogP contribution in [0.15, 0.2) is 12.1 Å². The molecule has 0 spiro atoms. The van der Waals surface area contributed by atoms with Gasteiger partial charge in [-0.1, -0.05) is 0 Å². The molecular weight excluding hydrogens is 577 g/mol. The number of piperidine rings is 2. The zero-order valence-electron chi connectivity index (χ0n) is 23.4. The Balaban J connectivity index is 1.18. The standard InChI is InChI=1S/C28H33F3N4O8/c29-28(30,31)27(40)43-23-20(41-13-3-1-2-10-34-11-8-16(9-12-34)42-17-14-32-15-17)6-4-18-22(23)26(39)35(25(18)38)19-5-7-21(36)33-24(19)37/h4,6,16-17,19,32H,1-3,5,7-15H2,(H,33,36,37). The third kappa shape index (κ3) is 6.99. The summed E-state index contributed by atoms with van der Waals surface area (Å²) in [6.45, 7) is 4.67. The summed E-state index contributed by atoms with van der Waals surface area (Å²) in [5.41, 5.74) is -0.948. The Morgan fingerprint density at radius 3 is 2.35 bits per heavy atom. The fourth-order valence-electron chi connectivity index (χ4n) is 5.57. The largest absolute Gasteiger partial charge is 0.491 e. The predicted octanol–water partition coefficient (Wildman–Crippen LogP) is 1.56. The number of alkyl halides is 3. The van der Waals surface area contributed by atoms with Crippen molar-refractivity contribution in [2.24, 2.45) is 0 Å². The highest BCUT2D eigenvalue weighted by atomic mass is 19.4. The minimum Gasteiger partial charge on any atom is -0.490 e. The van der Waals surface area contributed by atoms with Gasteiger partial charge in [-0.15, -0.1) is 0 Å². The number of hydrogen-bond donors (Lipinski definition) is 2. The molecule has 4 amide bonds. The molecule has 0 aromatic heterocycles. The van der Waals surface area contributed by atoms with Gasteiger partial charge in [-0.25, -0.2) is 4.79 Å². The van der Waals surface area contributed by atoms with Crippen LogP contribution < -0.4 is 20.1 Å². The van der Waals surface area contributed by atoms with Crippen LogP contribution in [0.1, 0.15) is 65.7 Å². The molecule has 1 unspecified atom stereocenters. The molecule has 3 saturated heterocycles. The quantitative estimate of drug-likeness (QED) is 0.164. The van der Waals surface area contributed by atoms with E-state index in [4.69, 9.17) is 9.47 Å². The molecule has 2 N–H and O–H groups in total. The first-order valence-corrected chi connectivity index (χ1v) is 14.4. The number of esters is 1. The van der Waals surface area contributed by atoms with Crippen LogP contribution in [-0.4, -0.2) is 103 Å². The molecule has 15 heteroatoms. The van der Waals surface area contributed by atoms with Gasteiger partial charge in [0, 0.05) is 32.6 Å². The lowest BCUT2D eigenvalue weighted by Gasteiger charge is -2.36. The summed E-state index contributed by atoms with van der Waals surface area (Å²) in [5, 5.41) is 5.23. The first-order chi connectivity index (χ1) is 20.5. The summed E-state index contributed by atoms with van der Waals surface area (Å²) in [6, 6.07) is 0.985. The molecule has 5 rings (SSSR count). The molecular formula is C28H33F3N4O8. The van der Waals surface area contributed by atoms with Gasteiger partial charge in [0.1, 0.15) is 6.04 Å². The Morgan fingerprint density at radius 1 is 0.953 bits per heavy atom. The fraction of sp³-hybridized carbons (Fsp3) is 0.607. The molecule has 0 bridgehead atoms. The SMILES string of the molecule is O=C1CCC(N2C(=O)c3ccc(OCCCCCN4CCC(OC5CNC5)CC4)c(OC(=O)C(F)(F)F)c3C2=O)C(=O)N1. The number of benzene rings is 1. The van der Waals surface area contributed by atoms with Crippen molar-refractivity contribution >= 4 is 29.6 Å². The summed E-state index contributed by atoms with van der Waals surface area (Å²) in [5.74, 6) is -7.29. The Bertz CT molecular complexity index is 1280. The van der Waals surface area contributed by atoms with Crippen molar-refractivity contribution in [1.29, 1.82) is 0 Å². The lowest BCUT2D eigenvalue weighted by Crippen LogP contribution is -2.54. The van der Waals surface area contributed by atoms with Crippen molar-refractivity contribution in [1.82, 2.24) is 20.4 Å². The first kappa shape index (κ1) is 30.9. The van der Waals surface area contributed by atoms with Crippen LogP contribution in [0.4, 0.5) is 13.2 Å². The number of imide groups is 2. The van der Waals surface area contributed by atoms with Gasteiger partial charge in [0.2, 0.25) is 11.8 Å². The first-order valence-electron chi connectivity index (χ1n) is 14.4. The number of halogens is 3. The number of rotatable bonds is 11. The van der Waals surface area contributed by atoms with Crippen molar-refractivity contribution in [2.75, 3.05) is 39.3 Å². The highest BCUT2D eigenvalue weighted by Gasteiger charge is 2.49. The van der Waals surface area contributed by atoms with E-state index in [9.17, 15) is 37.1 Å². The third-order valence-corrected chi connectivity index (χ3v) is 7.99. The van der Waals surface area contributed by atoms with Crippen LogP contribution in [0, 0.1) is 0 Å². The van der Waals surface area contributed by atoms with E-state index in [0.29, 0.717) is 23.5 Å². The molecule has 234 valence electrons. The number of nitrogens with one attached hydrogen (secondary N) is 2. The molecule has 4 heterocycles. The second-order valence-electron chi connectivity index (χ2n) is 11.0. The molecule has 0 aliphatic carbocycles. The molecule has 43 heavy (non-hydrogen) atoms. The van der Waals surface area contributed by atoms with E-state index < -0.39 is 53.1 Å². The number of nitrogens with zero attached hydrogens (tertiary/aromatic N) is 2. The maximum atomic E-state index is 13.3. The molecule has 1 aromatic carbocycles. The summed E-state index contributed by atoms with van der Waals surface area (Å²) in [4.78, 5) is 64.9. The smallest absolute Gasteiger partial charge is 0.490 e. The van der Waals surface area contributed by atoms with Gasteiger partial charge in [0.15, 0.2) is 11.5 Å². The minimum absolute atomic E-state index is 0.0552. The maximum absolute atomic E-state index is 13.3. The van der Waals surface area contributed by atoms with Crippen LogP contribution in [0.5, 0.6) is 11.5 Å². The lowest BCUT2D eigenvalue weighted by molar-refractivity contribution is -0.189. The normalized spacial score (nSPS) is 21.9. The Morgan fingerprint density at radius 2 is 1.70 bits per heavy atom. The van der Waals surface area contributed by atoms with Gasteiger partial charge < -0.3 is 24.4 Å². The predicted molar refractivity (Wildman–Crippen MR) is 141 cm³/mol. The monoisotopic (exact) mass is 610 g/mol. The average molecular weight is 611 g/mol. The highest BCUT2D eigenvalue weighted by Crippen LogP contribution is 2.41. The maximum Gasteiger partial charge on any atom is 0.491 e. The van der Waals surface area contributed by atoms with Crippen molar-refractivity contribution in [3.8, 4) is 11.5 Å². The number of hydrogen-bond acceptors (Lipinski definition) is 10. The molecule has 4 aliphatic rings. The molecule has 0 radical (unpaired) electrons. The number of amides is 4. The van der Waals surface area contributed by atoms with Crippen molar-refractivity contribution in [3.05, 3.63) is 23.3 Å². The fourth-order valence-corrected chi connectivity index (χ4v) is 5.57. The second-order valence-corrected chi connectivity index (χ2v) is 11.0. The van der Waals surface area contributed by atoms with Gasteiger partial charge >= 0.3 is 12.1 Å². The Kier molecular flexibility index (Phi) is 9.32. The van der Waals surface area contributed by atoms with Crippen molar-refractivity contribution in [2.45, 2.75) is 69.4 Å². The second kappa shape index (κ2) is 13.0. The van der Waals surface area contributed by atoms with Gasteiger partial charge in [-0.05, 0) is 57.2 Å². The molecule has 0 saturated carbocycles. The van der Waals surface area contributed by atoms with E-state index in [1.165, 1.54) is 6.07 Å². The van der Waals surface area contributed by atoms with E-state index in [0.717, 1.165) is 64.5 Å². The van der Waals surface area contributed by atoms with Crippen LogP contribution in [0.2, 0.25) is 0 Å². The minimum atomic E-state index is -5.38. The summed E-state index contributed by atoms with van der Waals surface area (Å²) < 4.78 is 55.6. The number of unbranched alkanes of at least 4 members (excludes halogenated alkanes) is 2. The van der Waals surface area contributed by atoms with E-state index in [1.54, 1.807) is 0 Å². The van der Waals surface area contributed by atoms with Gasteiger partial charge in [-0.3, -0.25) is 29.4 Å². The number of carbonyl (C=O) groups excluding carboxylic acids is 5. The zero-order valence-corrected chi connectivity index (χ0v) is 23.4. The van der Waals surface area contributed by atoms with Crippen LogP contribution >= 0.6 is 0 Å². The number of fused-ring (bicyclic) bond motifs is 1. The Hall–Kier alpha value is -3.56. The van der Waals surface area contributed by atoms with Gasteiger partial charge in [0.25, 0.3) is 11.8 Å². The molecule has 4 aliphatic heterocycles. The number of likely N-dealkylation sites (tertiary alicyclic amines) is 1. The lowest BCUT2D eigenvalue weighted by atomic mass is 10.0. The van der Waals surface area contributed by atoms with Crippen LogP contribution in [0.25, 0.3) is 0 Å². The van der Waals surface area contributed by atoms with Crippen LogP contribution in [0.3, 0.4) is 0 Å². The van der Waals surface area contributed by atoms with E-state index in [2.05, 4.69) is 15.0 Å². The van der Waals surface area contributed by atoms with E-state index in [1.807, 2.05) is 5.32 Å². The number of carbonyl (C=O) groups is 5. The summed E-state index contributed by atoms with van der Waals surface area (Å²) >= 11 is 0. The molecule has 1 aromatic rings. The third-order valence-electron chi connectivity index (χ3n) is 7.99. The molecule has 12 nitrogen and oxygen atoms in total.